The molecule has 0 unspecified atom stereocenters. The second kappa shape index (κ2) is 8.66. The quantitative estimate of drug-likeness (QED) is 0.444. The molecule has 0 amide bonds. The van der Waals surface area contributed by atoms with Gasteiger partial charge < -0.3 is 0 Å². The predicted octanol–water partition coefficient (Wildman–Crippen LogP) is 6.26. The number of para-hydroxylation sites is 1. The first kappa shape index (κ1) is 22.7. The van der Waals surface area contributed by atoms with Gasteiger partial charge in [0.15, 0.2) is 0 Å². The zero-order valence-electron chi connectivity index (χ0n) is 19.3. The summed E-state index contributed by atoms with van der Waals surface area (Å²) in [5, 5.41) is 0.781. The van der Waals surface area contributed by atoms with Crippen molar-refractivity contribution in [3.05, 3.63) is 64.9 Å². The average molecular weight is 419 g/mol. The molecule has 0 spiro atoms. The van der Waals surface area contributed by atoms with E-state index in [4.69, 9.17) is 4.98 Å². The Morgan fingerprint density at radius 2 is 1.77 bits per heavy atom. The van der Waals surface area contributed by atoms with Gasteiger partial charge in [0.05, 0.1) is 11.4 Å². The lowest BCUT2D eigenvalue weighted by molar-refractivity contribution is 0.351. The largest absolute Gasteiger partial charge is 0.296 e. The first-order valence-electron chi connectivity index (χ1n) is 10.5. The molecule has 31 heavy (non-hydrogen) atoms. The van der Waals surface area contributed by atoms with Crippen LogP contribution in [0.5, 0.6) is 0 Å². The fraction of sp³-hybridized carbons (Fsp3) is 0.385. The van der Waals surface area contributed by atoms with Gasteiger partial charge >= 0.3 is 0 Å². The summed E-state index contributed by atoms with van der Waals surface area (Å²) in [6, 6.07) is 11.2. The van der Waals surface area contributed by atoms with Gasteiger partial charge in [-0.25, -0.2) is 14.4 Å². The van der Waals surface area contributed by atoms with Gasteiger partial charge in [0, 0.05) is 36.0 Å². The summed E-state index contributed by atoms with van der Waals surface area (Å²) in [5.41, 5.74) is 3.85. The first-order valence-corrected chi connectivity index (χ1v) is 10.5. The van der Waals surface area contributed by atoms with Crippen LogP contribution in [0.2, 0.25) is 0 Å². The molecule has 0 saturated heterocycles. The molecule has 0 radical (unpaired) electrons. The third-order valence-electron chi connectivity index (χ3n) is 5.29. The maximum atomic E-state index is 14.6. The van der Waals surface area contributed by atoms with Crippen LogP contribution in [0.4, 0.5) is 10.1 Å². The van der Waals surface area contributed by atoms with E-state index in [1.54, 1.807) is 19.3 Å². The topological polar surface area (TPSA) is 50.5 Å². The highest BCUT2D eigenvalue weighted by Gasteiger charge is 2.26. The van der Waals surface area contributed by atoms with Crippen LogP contribution >= 0.6 is 0 Å². The van der Waals surface area contributed by atoms with Crippen molar-refractivity contribution >= 4 is 29.5 Å². The third kappa shape index (κ3) is 5.22. The van der Waals surface area contributed by atoms with E-state index in [0.29, 0.717) is 17.8 Å². The molecule has 4 nitrogen and oxygen atoms in total. The Bertz CT molecular complexity index is 1140. The van der Waals surface area contributed by atoms with Crippen LogP contribution in [0.15, 0.2) is 46.4 Å². The van der Waals surface area contributed by atoms with Gasteiger partial charge in [-0.15, -0.1) is 0 Å². The number of nitrogens with zero attached hydrogens (tertiary/aromatic N) is 4. The zero-order chi connectivity index (χ0) is 22.8. The zero-order valence-corrected chi connectivity index (χ0v) is 19.3. The summed E-state index contributed by atoms with van der Waals surface area (Å²) in [4.78, 5) is 17.7. The number of aliphatic imine (C=N–C) groups is 2. The molecule has 5 heteroatoms. The standard InChI is InChI=1S/C26H31FN4/c1-25(2,3)24-19-9-8-10-20(27)23(19)30-22(31-24)15-26(4,5)14-17-11-12-18(16-28-6)21(13-17)29-7/h8-13,16H,7,14-15H2,1-6H3. The molecular weight excluding hydrogens is 387 g/mol. The predicted molar refractivity (Wildman–Crippen MR) is 129 cm³/mol. The van der Waals surface area contributed by atoms with E-state index >= 15 is 0 Å². The second-order valence-corrected chi connectivity index (χ2v) is 9.83. The van der Waals surface area contributed by atoms with E-state index in [-0.39, 0.29) is 16.6 Å². The summed E-state index contributed by atoms with van der Waals surface area (Å²) >= 11 is 0. The van der Waals surface area contributed by atoms with Crippen molar-refractivity contribution in [2.24, 2.45) is 15.4 Å². The summed E-state index contributed by atoms with van der Waals surface area (Å²) in [7, 11) is 1.74. The highest BCUT2D eigenvalue weighted by atomic mass is 19.1. The lowest BCUT2D eigenvalue weighted by atomic mass is 9.81. The molecule has 1 heterocycles. The third-order valence-corrected chi connectivity index (χ3v) is 5.29. The second-order valence-electron chi connectivity index (χ2n) is 9.83. The Kier molecular flexibility index (Phi) is 6.35. The van der Waals surface area contributed by atoms with Gasteiger partial charge in [0.25, 0.3) is 0 Å². The molecule has 1 aromatic heterocycles. The van der Waals surface area contributed by atoms with Crippen molar-refractivity contribution in [1.82, 2.24) is 9.97 Å². The molecule has 0 aliphatic heterocycles. The van der Waals surface area contributed by atoms with E-state index in [2.05, 4.69) is 62.4 Å². The maximum Gasteiger partial charge on any atom is 0.149 e. The van der Waals surface area contributed by atoms with Crippen molar-refractivity contribution in [1.29, 1.82) is 0 Å². The van der Waals surface area contributed by atoms with Crippen LogP contribution in [0.3, 0.4) is 0 Å². The fourth-order valence-electron chi connectivity index (χ4n) is 3.94. The van der Waals surface area contributed by atoms with Crippen molar-refractivity contribution in [3.63, 3.8) is 0 Å². The van der Waals surface area contributed by atoms with Gasteiger partial charge in [-0.2, -0.15) is 0 Å². The van der Waals surface area contributed by atoms with Gasteiger partial charge in [-0.05, 0) is 36.2 Å². The molecule has 3 rings (SSSR count). The van der Waals surface area contributed by atoms with Crippen molar-refractivity contribution < 1.29 is 4.39 Å². The Labute approximate surface area is 184 Å². The minimum atomic E-state index is -0.306. The normalized spacial score (nSPS) is 12.6. The number of benzene rings is 2. The molecular formula is C26H31FN4. The number of hydrogen-bond acceptors (Lipinski definition) is 4. The van der Waals surface area contributed by atoms with E-state index in [1.165, 1.54) is 6.07 Å². The van der Waals surface area contributed by atoms with Crippen LogP contribution in [0.1, 0.15) is 57.3 Å². The average Bonchev–Trinajstić information content (AvgIpc) is 2.68. The summed E-state index contributed by atoms with van der Waals surface area (Å²) in [6.45, 7) is 14.3. The van der Waals surface area contributed by atoms with Gasteiger partial charge in [-0.3, -0.25) is 9.98 Å². The SMILES string of the molecule is C=Nc1cc(CC(C)(C)Cc2nc(C(C)(C)C)c3cccc(F)c3n2)ccc1C=NC. The molecule has 0 aliphatic rings. The Balaban J connectivity index is 1.96. The summed E-state index contributed by atoms with van der Waals surface area (Å²) in [6.07, 6.45) is 3.22. The number of fused-ring (bicyclic) bond motifs is 1. The van der Waals surface area contributed by atoms with Crippen LogP contribution in [-0.2, 0) is 18.3 Å². The number of rotatable bonds is 6. The van der Waals surface area contributed by atoms with E-state index in [1.807, 2.05) is 18.2 Å². The van der Waals surface area contributed by atoms with Gasteiger partial charge in [0.2, 0.25) is 0 Å². The molecule has 0 atom stereocenters. The minimum absolute atomic E-state index is 0.132. The first-order chi connectivity index (χ1) is 14.5. The van der Waals surface area contributed by atoms with Gasteiger partial charge in [-0.1, -0.05) is 58.9 Å². The molecule has 3 aromatic rings. The van der Waals surface area contributed by atoms with Crippen LogP contribution in [0, 0.1) is 11.2 Å². The molecule has 162 valence electrons. The van der Waals surface area contributed by atoms with Crippen molar-refractivity contribution in [2.75, 3.05) is 7.05 Å². The number of halogens is 1. The highest BCUT2D eigenvalue weighted by Crippen LogP contribution is 2.32. The number of aromatic nitrogens is 2. The van der Waals surface area contributed by atoms with Crippen LogP contribution < -0.4 is 0 Å². The molecule has 0 saturated carbocycles. The van der Waals surface area contributed by atoms with Crippen molar-refractivity contribution in [3.8, 4) is 0 Å². The molecule has 0 bridgehead atoms. The fourth-order valence-corrected chi connectivity index (χ4v) is 3.94. The Morgan fingerprint density at radius 3 is 2.42 bits per heavy atom. The van der Waals surface area contributed by atoms with Crippen LogP contribution in [-0.4, -0.2) is 29.9 Å². The van der Waals surface area contributed by atoms with E-state index < -0.39 is 0 Å². The lowest BCUT2D eigenvalue weighted by Gasteiger charge is -2.26. The number of hydrogen-bond donors (Lipinski definition) is 0. The molecule has 2 aromatic carbocycles. The minimum Gasteiger partial charge on any atom is -0.296 e. The van der Waals surface area contributed by atoms with Crippen LogP contribution in [0.25, 0.3) is 10.9 Å². The monoisotopic (exact) mass is 418 g/mol. The van der Waals surface area contributed by atoms with Gasteiger partial charge in [0.1, 0.15) is 17.2 Å². The smallest absolute Gasteiger partial charge is 0.149 e. The Morgan fingerprint density at radius 1 is 1.03 bits per heavy atom. The lowest BCUT2D eigenvalue weighted by Crippen LogP contribution is -2.22. The molecule has 0 fully saturated rings. The molecule has 0 aliphatic carbocycles. The summed E-state index contributed by atoms with van der Waals surface area (Å²) < 4.78 is 14.6. The Hall–Kier alpha value is -2.95. The van der Waals surface area contributed by atoms with E-state index in [9.17, 15) is 4.39 Å². The summed E-state index contributed by atoms with van der Waals surface area (Å²) in [5.74, 6) is 0.365. The molecule has 0 N–H and O–H groups in total. The van der Waals surface area contributed by atoms with Crippen molar-refractivity contribution in [2.45, 2.75) is 52.9 Å². The maximum absolute atomic E-state index is 14.6. The van der Waals surface area contributed by atoms with E-state index in [0.717, 1.165) is 34.3 Å². The highest BCUT2D eigenvalue weighted by molar-refractivity contribution is 5.87.